The number of aromatic nitrogens is 4. The summed E-state index contributed by atoms with van der Waals surface area (Å²) in [7, 11) is 1.59. The fraction of sp³-hybridized carbons (Fsp3) is 0.100. The number of carbonyl (C=O) groups is 1. The molecule has 0 saturated heterocycles. The lowest BCUT2D eigenvalue weighted by Gasteiger charge is -2.10. The van der Waals surface area contributed by atoms with Crippen LogP contribution in [-0.2, 0) is 6.54 Å². The highest BCUT2D eigenvalue weighted by Crippen LogP contribution is 2.27. The molecule has 8 heteroatoms. The van der Waals surface area contributed by atoms with Crippen LogP contribution in [0.3, 0.4) is 0 Å². The molecule has 2 aromatic carbocycles. The fourth-order valence-corrected chi connectivity index (χ4v) is 2.78. The normalized spacial score (nSPS) is 10.8. The number of benzene rings is 2. The lowest BCUT2D eigenvalue weighted by molar-refractivity contribution is 0.0687. The molecule has 0 aliphatic carbocycles. The number of methoxy groups -OCH3 is 1. The summed E-state index contributed by atoms with van der Waals surface area (Å²) in [5.74, 6) is 0.0566. The standard InChI is InChI=1S/C20H16N4O4/c1-27-15-6-4-13(5-7-15)12-24-19(18(20(25)26)22-23-24)28-16-8-9-17-14(11-16)3-2-10-21-17/h2-11H,12H2,1H3,(H,25,26). The molecular weight excluding hydrogens is 360 g/mol. The molecule has 0 atom stereocenters. The van der Waals surface area contributed by atoms with E-state index in [4.69, 9.17) is 9.47 Å². The van der Waals surface area contributed by atoms with Gasteiger partial charge in [0.05, 0.1) is 19.2 Å². The Morgan fingerprint density at radius 3 is 2.64 bits per heavy atom. The van der Waals surface area contributed by atoms with Crippen LogP contribution in [0.2, 0.25) is 0 Å². The molecule has 28 heavy (non-hydrogen) atoms. The second kappa shape index (κ2) is 7.36. The molecule has 4 aromatic rings. The Bertz CT molecular complexity index is 1140. The third-order valence-electron chi connectivity index (χ3n) is 4.17. The average molecular weight is 376 g/mol. The Hall–Kier alpha value is -3.94. The molecule has 0 spiro atoms. The highest BCUT2D eigenvalue weighted by Gasteiger charge is 2.22. The van der Waals surface area contributed by atoms with Crippen molar-refractivity contribution >= 4 is 16.9 Å². The van der Waals surface area contributed by atoms with Crippen molar-refractivity contribution in [2.75, 3.05) is 7.11 Å². The molecule has 0 bridgehead atoms. The number of carboxylic acids is 1. The number of hydrogen-bond donors (Lipinski definition) is 1. The van der Waals surface area contributed by atoms with Gasteiger partial charge in [-0.1, -0.05) is 23.4 Å². The number of hydrogen-bond acceptors (Lipinski definition) is 6. The second-order valence-electron chi connectivity index (χ2n) is 6.01. The van der Waals surface area contributed by atoms with E-state index in [1.165, 1.54) is 4.68 Å². The number of carboxylic acid groups (broad SMARTS) is 1. The topological polar surface area (TPSA) is 99.4 Å². The molecule has 8 nitrogen and oxygen atoms in total. The van der Waals surface area contributed by atoms with E-state index in [0.717, 1.165) is 22.2 Å². The second-order valence-corrected chi connectivity index (χ2v) is 6.01. The van der Waals surface area contributed by atoms with Crippen LogP contribution in [0.5, 0.6) is 17.4 Å². The zero-order valence-electron chi connectivity index (χ0n) is 14.9. The minimum Gasteiger partial charge on any atom is -0.497 e. The summed E-state index contributed by atoms with van der Waals surface area (Å²) in [4.78, 5) is 15.8. The molecule has 0 aliphatic rings. The van der Waals surface area contributed by atoms with Crippen LogP contribution in [0.15, 0.2) is 60.8 Å². The van der Waals surface area contributed by atoms with Crippen molar-refractivity contribution in [1.29, 1.82) is 0 Å². The minimum atomic E-state index is -1.21. The molecule has 1 N–H and O–H groups in total. The monoisotopic (exact) mass is 376 g/mol. The van der Waals surface area contributed by atoms with Gasteiger partial charge in [-0.2, -0.15) is 0 Å². The Morgan fingerprint density at radius 1 is 1.11 bits per heavy atom. The number of nitrogens with zero attached hydrogens (tertiary/aromatic N) is 4. The molecule has 0 fully saturated rings. The highest BCUT2D eigenvalue weighted by atomic mass is 16.5. The van der Waals surface area contributed by atoms with Gasteiger partial charge in [0.25, 0.3) is 5.88 Å². The maximum absolute atomic E-state index is 11.6. The van der Waals surface area contributed by atoms with Gasteiger partial charge in [0.1, 0.15) is 11.5 Å². The van der Waals surface area contributed by atoms with Crippen molar-refractivity contribution in [3.63, 3.8) is 0 Å². The summed E-state index contributed by atoms with van der Waals surface area (Å²) >= 11 is 0. The molecule has 0 aliphatic heterocycles. The van der Waals surface area contributed by atoms with E-state index < -0.39 is 5.97 Å². The molecule has 0 radical (unpaired) electrons. The van der Waals surface area contributed by atoms with Crippen LogP contribution in [-0.4, -0.2) is 38.2 Å². The van der Waals surface area contributed by atoms with Gasteiger partial charge in [-0.15, -0.1) is 5.10 Å². The van der Waals surface area contributed by atoms with Crippen molar-refractivity contribution in [3.8, 4) is 17.4 Å². The van der Waals surface area contributed by atoms with Crippen molar-refractivity contribution < 1.29 is 19.4 Å². The number of aromatic carboxylic acids is 1. The van der Waals surface area contributed by atoms with Gasteiger partial charge in [0.2, 0.25) is 5.69 Å². The molecular formula is C20H16N4O4. The summed E-state index contributed by atoms with van der Waals surface area (Å²) in [6.07, 6.45) is 1.71. The number of ether oxygens (including phenoxy) is 2. The maximum atomic E-state index is 11.6. The van der Waals surface area contributed by atoms with Crippen LogP contribution in [0.25, 0.3) is 10.9 Å². The lowest BCUT2D eigenvalue weighted by atomic mass is 10.2. The van der Waals surface area contributed by atoms with E-state index in [9.17, 15) is 9.90 Å². The summed E-state index contributed by atoms with van der Waals surface area (Å²) < 4.78 is 12.4. The predicted octanol–water partition coefficient (Wildman–Crippen LogP) is 3.37. The lowest BCUT2D eigenvalue weighted by Crippen LogP contribution is -2.06. The molecule has 0 saturated carbocycles. The number of pyridine rings is 1. The smallest absolute Gasteiger partial charge is 0.362 e. The van der Waals surface area contributed by atoms with E-state index in [1.54, 1.807) is 25.4 Å². The largest absolute Gasteiger partial charge is 0.497 e. The maximum Gasteiger partial charge on any atom is 0.362 e. The first-order valence-corrected chi connectivity index (χ1v) is 8.46. The highest BCUT2D eigenvalue weighted by molar-refractivity contribution is 5.88. The quantitative estimate of drug-likeness (QED) is 0.551. The SMILES string of the molecule is COc1ccc(Cn2nnc(C(=O)O)c2Oc2ccc3ncccc3c2)cc1. The number of fused-ring (bicyclic) bond motifs is 1. The predicted molar refractivity (Wildman–Crippen MR) is 101 cm³/mol. The van der Waals surface area contributed by atoms with Gasteiger partial charge in [-0.05, 0) is 42.0 Å². The molecule has 0 unspecified atom stereocenters. The Balaban J connectivity index is 1.67. The fourth-order valence-electron chi connectivity index (χ4n) is 2.78. The Kier molecular flexibility index (Phi) is 4.59. The first-order valence-electron chi connectivity index (χ1n) is 8.46. The third-order valence-corrected chi connectivity index (χ3v) is 4.17. The van der Waals surface area contributed by atoms with Gasteiger partial charge >= 0.3 is 5.97 Å². The van der Waals surface area contributed by atoms with E-state index in [-0.39, 0.29) is 11.6 Å². The van der Waals surface area contributed by atoms with Crippen LogP contribution in [0.1, 0.15) is 16.1 Å². The first kappa shape index (κ1) is 17.5. The van der Waals surface area contributed by atoms with Crippen LogP contribution >= 0.6 is 0 Å². The van der Waals surface area contributed by atoms with Crippen molar-refractivity contribution in [2.45, 2.75) is 6.54 Å². The van der Waals surface area contributed by atoms with Crippen molar-refractivity contribution in [1.82, 2.24) is 20.0 Å². The molecule has 2 heterocycles. The summed E-state index contributed by atoms with van der Waals surface area (Å²) in [5.41, 5.74) is 1.47. The first-order chi connectivity index (χ1) is 13.6. The van der Waals surface area contributed by atoms with Crippen LogP contribution < -0.4 is 9.47 Å². The average Bonchev–Trinajstić information content (AvgIpc) is 3.11. The third kappa shape index (κ3) is 3.48. The summed E-state index contributed by atoms with van der Waals surface area (Å²) in [5, 5.41) is 18.0. The van der Waals surface area contributed by atoms with E-state index in [2.05, 4.69) is 15.3 Å². The van der Waals surface area contributed by atoms with Crippen LogP contribution in [0.4, 0.5) is 0 Å². The van der Waals surface area contributed by atoms with E-state index in [0.29, 0.717) is 12.3 Å². The van der Waals surface area contributed by atoms with E-state index in [1.807, 2.05) is 42.5 Å². The van der Waals surface area contributed by atoms with Gasteiger partial charge in [0, 0.05) is 11.6 Å². The molecule has 0 amide bonds. The Morgan fingerprint density at radius 2 is 1.89 bits per heavy atom. The van der Waals surface area contributed by atoms with Gasteiger partial charge in [0.15, 0.2) is 0 Å². The minimum absolute atomic E-state index is 0.0616. The molecule has 140 valence electrons. The van der Waals surface area contributed by atoms with Crippen molar-refractivity contribution in [2.24, 2.45) is 0 Å². The van der Waals surface area contributed by atoms with Crippen LogP contribution in [0, 0.1) is 0 Å². The van der Waals surface area contributed by atoms with Crippen molar-refractivity contribution in [3.05, 3.63) is 72.1 Å². The number of rotatable bonds is 6. The zero-order valence-corrected chi connectivity index (χ0v) is 14.9. The van der Waals surface area contributed by atoms with Gasteiger partial charge in [-0.25, -0.2) is 9.48 Å². The molecule has 2 aromatic heterocycles. The summed E-state index contributed by atoms with van der Waals surface area (Å²) in [6.45, 7) is 0.300. The Labute approximate surface area is 160 Å². The summed E-state index contributed by atoms with van der Waals surface area (Å²) in [6, 6.07) is 16.4. The molecule has 4 rings (SSSR count). The van der Waals surface area contributed by atoms with Gasteiger partial charge < -0.3 is 14.6 Å². The zero-order chi connectivity index (χ0) is 19.5. The van der Waals surface area contributed by atoms with E-state index >= 15 is 0 Å². The van der Waals surface area contributed by atoms with Gasteiger partial charge in [-0.3, -0.25) is 4.98 Å².